The zero-order chi connectivity index (χ0) is 13.8. The smallest absolute Gasteiger partial charge is 0.225 e. The molecule has 1 aliphatic heterocycles. The number of rotatable bonds is 4. The number of furan rings is 1. The fraction of sp³-hybridized carbons (Fsp3) is 0.429. The van der Waals surface area contributed by atoms with Crippen LogP contribution in [0.3, 0.4) is 0 Å². The van der Waals surface area contributed by atoms with Crippen molar-refractivity contribution >= 4 is 17.5 Å². The second-order valence-electron chi connectivity index (χ2n) is 4.90. The average Bonchev–Trinajstić information content (AvgIpc) is 2.92. The first-order valence-corrected chi connectivity index (χ1v) is 7.18. The topological polar surface area (TPSA) is 54.2 Å². The van der Waals surface area contributed by atoms with Crippen LogP contribution >= 0.6 is 11.6 Å². The van der Waals surface area contributed by atoms with Gasteiger partial charge in [-0.15, -0.1) is 0 Å². The fourth-order valence-electron chi connectivity index (χ4n) is 2.43. The molecular formula is C14H17ClN4O. The van der Waals surface area contributed by atoms with Gasteiger partial charge in [-0.05, 0) is 42.6 Å². The van der Waals surface area contributed by atoms with Crippen molar-refractivity contribution in [3.63, 3.8) is 0 Å². The fourth-order valence-corrected chi connectivity index (χ4v) is 2.59. The molecule has 6 heteroatoms. The standard InChI is InChI=1S/C14H17ClN4O/c15-13-3-2-12(20-13)10-18-11-4-8-19(9-5-11)14-16-6-1-7-17-14/h1-3,6-7,11,18H,4-5,8-10H2. The van der Waals surface area contributed by atoms with E-state index in [-0.39, 0.29) is 0 Å². The number of nitrogens with one attached hydrogen (secondary N) is 1. The van der Waals surface area contributed by atoms with Crippen molar-refractivity contribution in [3.8, 4) is 0 Å². The zero-order valence-corrected chi connectivity index (χ0v) is 11.9. The summed E-state index contributed by atoms with van der Waals surface area (Å²) >= 11 is 5.75. The van der Waals surface area contributed by atoms with Crippen molar-refractivity contribution in [2.75, 3.05) is 18.0 Å². The highest BCUT2D eigenvalue weighted by atomic mass is 35.5. The minimum atomic E-state index is 0.442. The molecule has 1 fully saturated rings. The molecule has 0 bridgehead atoms. The predicted octanol–water partition coefficient (Wildman–Crippen LogP) is 2.48. The minimum absolute atomic E-state index is 0.442. The van der Waals surface area contributed by atoms with Gasteiger partial charge in [0.1, 0.15) is 5.76 Å². The van der Waals surface area contributed by atoms with Crippen molar-refractivity contribution in [1.29, 1.82) is 0 Å². The van der Waals surface area contributed by atoms with Crippen LogP contribution in [0.25, 0.3) is 0 Å². The SMILES string of the molecule is Clc1ccc(CNC2CCN(c3ncccn3)CC2)o1. The Balaban J connectivity index is 1.47. The third-order valence-electron chi connectivity index (χ3n) is 3.52. The normalized spacial score (nSPS) is 16.6. The number of hydrogen-bond acceptors (Lipinski definition) is 5. The number of halogens is 1. The second kappa shape index (κ2) is 6.24. The number of aromatic nitrogens is 2. The molecule has 1 N–H and O–H groups in total. The van der Waals surface area contributed by atoms with E-state index in [0.29, 0.717) is 11.3 Å². The Hall–Kier alpha value is -1.59. The van der Waals surface area contributed by atoms with E-state index in [2.05, 4.69) is 20.2 Å². The van der Waals surface area contributed by atoms with Gasteiger partial charge >= 0.3 is 0 Å². The van der Waals surface area contributed by atoms with Gasteiger partial charge in [0.05, 0.1) is 6.54 Å². The van der Waals surface area contributed by atoms with Crippen LogP contribution in [0.5, 0.6) is 0 Å². The van der Waals surface area contributed by atoms with Crippen molar-refractivity contribution < 1.29 is 4.42 Å². The predicted molar refractivity (Wildman–Crippen MR) is 77.8 cm³/mol. The third-order valence-corrected chi connectivity index (χ3v) is 3.73. The molecule has 2 aromatic rings. The van der Waals surface area contributed by atoms with Crippen LogP contribution in [-0.4, -0.2) is 29.1 Å². The summed E-state index contributed by atoms with van der Waals surface area (Å²) in [6.07, 6.45) is 5.72. The molecule has 0 atom stereocenters. The second-order valence-corrected chi connectivity index (χ2v) is 5.27. The van der Waals surface area contributed by atoms with Gasteiger partial charge in [-0.1, -0.05) is 0 Å². The van der Waals surface area contributed by atoms with E-state index in [0.717, 1.165) is 44.2 Å². The van der Waals surface area contributed by atoms with Crippen LogP contribution in [0, 0.1) is 0 Å². The Labute approximate surface area is 123 Å². The minimum Gasteiger partial charge on any atom is -0.448 e. The zero-order valence-electron chi connectivity index (χ0n) is 11.1. The van der Waals surface area contributed by atoms with Gasteiger partial charge in [0.15, 0.2) is 5.22 Å². The van der Waals surface area contributed by atoms with E-state index in [1.165, 1.54) is 0 Å². The molecule has 20 heavy (non-hydrogen) atoms. The van der Waals surface area contributed by atoms with Gasteiger partial charge < -0.3 is 14.6 Å². The molecular weight excluding hydrogens is 276 g/mol. The maximum absolute atomic E-state index is 5.75. The summed E-state index contributed by atoms with van der Waals surface area (Å²) in [4.78, 5) is 10.8. The maximum atomic E-state index is 5.75. The van der Waals surface area contributed by atoms with Crippen LogP contribution in [0.2, 0.25) is 5.22 Å². The van der Waals surface area contributed by atoms with Crippen LogP contribution < -0.4 is 10.2 Å². The molecule has 3 heterocycles. The van der Waals surface area contributed by atoms with Crippen molar-refractivity contribution in [3.05, 3.63) is 41.6 Å². The number of nitrogens with zero attached hydrogens (tertiary/aromatic N) is 3. The molecule has 2 aromatic heterocycles. The highest BCUT2D eigenvalue weighted by Crippen LogP contribution is 2.17. The molecule has 0 saturated carbocycles. The summed E-state index contributed by atoms with van der Waals surface area (Å²) in [5, 5.41) is 3.95. The lowest BCUT2D eigenvalue weighted by Gasteiger charge is -2.32. The van der Waals surface area contributed by atoms with E-state index < -0.39 is 0 Å². The van der Waals surface area contributed by atoms with Crippen molar-refractivity contribution in [2.24, 2.45) is 0 Å². The Bertz CT molecular complexity index is 537. The lowest BCUT2D eigenvalue weighted by Crippen LogP contribution is -2.42. The van der Waals surface area contributed by atoms with Gasteiger partial charge in [-0.2, -0.15) is 0 Å². The van der Waals surface area contributed by atoms with E-state index >= 15 is 0 Å². The van der Waals surface area contributed by atoms with Crippen LogP contribution in [0.15, 0.2) is 35.0 Å². The van der Waals surface area contributed by atoms with Gasteiger partial charge in [0.25, 0.3) is 0 Å². The Morgan fingerprint density at radius 3 is 2.65 bits per heavy atom. The summed E-state index contributed by atoms with van der Waals surface area (Å²) in [5.74, 6) is 1.70. The Morgan fingerprint density at radius 1 is 1.25 bits per heavy atom. The molecule has 1 aliphatic rings. The third kappa shape index (κ3) is 3.29. The largest absolute Gasteiger partial charge is 0.448 e. The van der Waals surface area contributed by atoms with E-state index in [4.69, 9.17) is 16.0 Å². The van der Waals surface area contributed by atoms with Crippen molar-refractivity contribution in [1.82, 2.24) is 15.3 Å². The van der Waals surface area contributed by atoms with Crippen LogP contribution in [0.4, 0.5) is 5.95 Å². The Morgan fingerprint density at radius 2 is 2.00 bits per heavy atom. The molecule has 0 aromatic carbocycles. The highest BCUT2D eigenvalue weighted by Gasteiger charge is 2.20. The molecule has 106 valence electrons. The Kier molecular flexibility index (Phi) is 4.18. The van der Waals surface area contributed by atoms with Gasteiger partial charge in [-0.3, -0.25) is 0 Å². The first-order valence-electron chi connectivity index (χ1n) is 6.81. The average molecular weight is 293 g/mol. The first kappa shape index (κ1) is 13.4. The molecule has 3 rings (SSSR count). The number of anilines is 1. The monoisotopic (exact) mass is 292 g/mol. The summed E-state index contributed by atoms with van der Waals surface area (Å²) in [6.45, 7) is 2.67. The number of hydrogen-bond donors (Lipinski definition) is 1. The first-order chi connectivity index (χ1) is 9.81. The van der Waals surface area contributed by atoms with E-state index in [1.807, 2.05) is 12.1 Å². The van der Waals surface area contributed by atoms with E-state index in [1.54, 1.807) is 18.5 Å². The summed E-state index contributed by atoms with van der Waals surface area (Å²) in [6, 6.07) is 6.02. The molecule has 0 radical (unpaired) electrons. The highest BCUT2D eigenvalue weighted by molar-refractivity contribution is 6.28. The van der Waals surface area contributed by atoms with Crippen LogP contribution in [0.1, 0.15) is 18.6 Å². The quantitative estimate of drug-likeness (QED) is 0.938. The summed E-state index contributed by atoms with van der Waals surface area (Å²) < 4.78 is 5.34. The van der Waals surface area contributed by atoms with Crippen LogP contribution in [-0.2, 0) is 6.54 Å². The van der Waals surface area contributed by atoms with Gasteiger partial charge in [0, 0.05) is 31.5 Å². The maximum Gasteiger partial charge on any atom is 0.225 e. The molecule has 0 spiro atoms. The summed E-state index contributed by atoms with van der Waals surface area (Å²) in [7, 11) is 0. The lowest BCUT2D eigenvalue weighted by molar-refractivity contribution is 0.387. The van der Waals surface area contributed by atoms with Crippen molar-refractivity contribution in [2.45, 2.75) is 25.4 Å². The molecule has 5 nitrogen and oxygen atoms in total. The lowest BCUT2D eigenvalue weighted by atomic mass is 10.1. The number of piperidine rings is 1. The molecule has 1 saturated heterocycles. The molecule has 0 unspecified atom stereocenters. The van der Waals surface area contributed by atoms with Gasteiger partial charge in [0.2, 0.25) is 5.95 Å². The molecule has 0 amide bonds. The summed E-state index contributed by atoms with van der Waals surface area (Å²) in [5.41, 5.74) is 0. The van der Waals surface area contributed by atoms with E-state index in [9.17, 15) is 0 Å². The molecule has 0 aliphatic carbocycles. The van der Waals surface area contributed by atoms with Gasteiger partial charge in [-0.25, -0.2) is 9.97 Å².